The van der Waals surface area contributed by atoms with Crippen LogP contribution >= 0.6 is 0 Å². The summed E-state index contributed by atoms with van der Waals surface area (Å²) in [4.78, 5) is 21.1. The first-order valence-electron chi connectivity index (χ1n) is 11.0. The summed E-state index contributed by atoms with van der Waals surface area (Å²) < 4.78 is 0. The standard InChI is InChI=1S/C24H31N5O2/c25-14-16-6-8-17(9-7-16)24(31)29-21(12-15-4-2-1-3-5-15)23-27-19-11-10-18(22(26)30)13-20(19)28-23/h1-5,10-11,13,16-17,21-22,30H,6-9,12,14,25-26H2,(H,27,28)(H,29,31)/t16?,17?,21-,22?/m0/s1. The third kappa shape index (κ3) is 5.12. The second kappa shape index (κ2) is 9.60. The molecule has 31 heavy (non-hydrogen) atoms. The molecule has 0 radical (unpaired) electrons. The summed E-state index contributed by atoms with van der Waals surface area (Å²) in [6.45, 7) is 0.698. The molecule has 1 heterocycles. The highest BCUT2D eigenvalue weighted by atomic mass is 16.3. The number of nitrogens with two attached hydrogens (primary N) is 2. The summed E-state index contributed by atoms with van der Waals surface area (Å²) in [6, 6.07) is 15.2. The summed E-state index contributed by atoms with van der Waals surface area (Å²) >= 11 is 0. The topological polar surface area (TPSA) is 130 Å². The maximum absolute atomic E-state index is 13.1. The van der Waals surface area contributed by atoms with Gasteiger partial charge in [-0.15, -0.1) is 0 Å². The van der Waals surface area contributed by atoms with E-state index >= 15 is 0 Å². The number of rotatable bonds is 7. The maximum Gasteiger partial charge on any atom is 0.223 e. The molecule has 4 rings (SSSR count). The van der Waals surface area contributed by atoms with Crippen LogP contribution in [0.25, 0.3) is 11.0 Å². The molecule has 164 valence electrons. The van der Waals surface area contributed by atoms with Gasteiger partial charge >= 0.3 is 0 Å². The van der Waals surface area contributed by atoms with Gasteiger partial charge < -0.3 is 26.9 Å². The van der Waals surface area contributed by atoms with Crippen molar-refractivity contribution in [2.24, 2.45) is 23.3 Å². The van der Waals surface area contributed by atoms with Gasteiger partial charge in [0.1, 0.15) is 12.1 Å². The van der Waals surface area contributed by atoms with Crippen LogP contribution in [-0.2, 0) is 11.2 Å². The van der Waals surface area contributed by atoms with Crippen LogP contribution in [0.15, 0.2) is 48.5 Å². The first-order chi connectivity index (χ1) is 15.0. The number of aromatic amines is 1. The Labute approximate surface area is 182 Å². The first kappa shape index (κ1) is 21.5. The second-order valence-corrected chi connectivity index (χ2v) is 8.55. The molecule has 0 aliphatic heterocycles. The smallest absolute Gasteiger partial charge is 0.223 e. The number of hydrogen-bond donors (Lipinski definition) is 5. The van der Waals surface area contributed by atoms with Gasteiger partial charge in [0, 0.05) is 5.92 Å². The molecule has 2 aromatic carbocycles. The van der Waals surface area contributed by atoms with Crippen molar-refractivity contribution in [2.75, 3.05) is 6.54 Å². The number of fused-ring (bicyclic) bond motifs is 1. The zero-order chi connectivity index (χ0) is 21.8. The number of aromatic nitrogens is 2. The van der Waals surface area contributed by atoms with Gasteiger partial charge in [0.05, 0.1) is 17.1 Å². The van der Waals surface area contributed by atoms with Crippen LogP contribution in [0.2, 0.25) is 0 Å². The quantitative estimate of drug-likeness (QED) is 0.375. The molecule has 1 aromatic heterocycles. The predicted molar refractivity (Wildman–Crippen MR) is 121 cm³/mol. The van der Waals surface area contributed by atoms with Gasteiger partial charge in [0.2, 0.25) is 5.91 Å². The van der Waals surface area contributed by atoms with Crippen LogP contribution in [-0.4, -0.2) is 27.5 Å². The minimum atomic E-state index is -1.04. The normalized spacial score (nSPS) is 21.0. The van der Waals surface area contributed by atoms with Crippen LogP contribution in [0, 0.1) is 11.8 Å². The van der Waals surface area contributed by atoms with Crippen LogP contribution in [0.5, 0.6) is 0 Å². The lowest BCUT2D eigenvalue weighted by Crippen LogP contribution is -2.37. The molecule has 0 bridgehead atoms. The third-order valence-corrected chi connectivity index (χ3v) is 6.35. The number of imidazole rings is 1. The molecule has 7 N–H and O–H groups in total. The van der Waals surface area contributed by atoms with Crippen molar-refractivity contribution in [3.63, 3.8) is 0 Å². The van der Waals surface area contributed by atoms with Crippen molar-refractivity contribution >= 4 is 16.9 Å². The number of aliphatic hydroxyl groups is 1. The third-order valence-electron chi connectivity index (χ3n) is 6.35. The Morgan fingerprint density at radius 3 is 2.58 bits per heavy atom. The highest BCUT2D eigenvalue weighted by Crippen LogP contribution is 2.29. The van der Waals surface area contributed by atoms with Gasteiger partial charge in [0.25, 0.3) is 0 Å². The molecule has 7 nitrogen and oxygen atoms in total. The van der Waals surface area contributed by atoms with E-state index < -0.39 is 6.23 Å². The summed E-state index contributed by atoms with van der Waals surface area (Å²) in [5, 5.41) is 12.9. The zero-order valence-electron chi connectivity index (χ0n) is 17.6. The van der Waals surface area contributed by atoms with Gasteiger partial charge in [-0.05, 0) is 67.8 Å². The van der Waals surface area contributed by atoms with Crippen LogP contribution in [0.1, 0.15) is 54.9 Å². The largest absolute Gasteiger partial charge is 0.375 e. The summed E-state index contributed by atoms with van der Waals surface area (Å²) in [6.07, 6.45) is 3.36. The molecular weight excluding hydrogens is 390 g/mol. The van der Waals surface area contributed by atoms with E-state index in [4.69, 9.17) is 16.5 Å². The fraction of sp³-hybridized carbons (Fsp3) is 0.417. The Morgan fingerprint density at radius 2 is 1.90 bits per heavy atom. The van der Waals surface area contributed by atoms with Gasteiger partial charge in [-0.3, -0.25) is 4.79 Å². The molecule has 0 spiro atoms. The average molecular weight is 422 g/mol. The number of carbonyl (C=O) groups is 1. The van der Waals surface area contributed by atoms with Crippen molar-refractivity contribution in [3.8, 4) is 0 Å². The van der Waals surface area contributed by atoms with Crippen LogP contribution in [0.4, 0.5) is 0 Å². The van der Waals surface area contributed by atoms with E-state index in [1.54, 1.807) is 12.1 Å². The zero-order valence-corrected chi connectivity index (χ0v) is 17.6. The molecule has 1 aliphatic carbocycles. The number of carbonyl (C=O) groups excluding carboxylic acids is 1. The van der Waals surface area contributed by atoms with Gasteiger partial charge in [-0.25, -0.2) is 4.98 Å². The van der Waals surface area contributed by atoms with Crippen molar-refractivity contribution in [3.05, 3.63) is 65.5 Å². The molecule has 1 unspecified atom stereocenters. The minimum Gasteiger partial charge on any atom is -0.375 e. The average Bonchev–Trinajstić information content (AvgIpc) is 3.22. The number of amides is 1. The lowest BCUT2D eigenvalue weighted by molar-refractivity contribution is -0.127. The van der Waals surface area contributed by atoms with Crippen molar-refractivity contribution in [2.45, 2.75) is 44.4 Å². The Morgan fingerprint density at radius 1 is 1.16 bits per heavy atom. The molecule has 1 saturated carbocycles. The number of nitrogens with zero attached hydrogens (tertiary/aromatic N) is 1. The predicted octanol–water partition coefficient (Wildman–Crippen LogP) is 2.68. The maximum atomic E-state index is 13.1. The fourth-order valence-electron chi connectivity index (χ4n) is 4.41. The van der Waals surface area contributed by atoms with E-state index in [1.165, 1.54) is 0 Å². The number of hydrogen-bond acceptors (Lipinski definition) is 5. The van der Waals surface area contributed by atoms with Gasteiger partial charge in [-0.2, -0.15) is 0 Å². The van der Waals surface area contributed by atoms with Crippen molar-refractivity contribution in [1.29, 1.82) is 0 Å². The monoisotopic (exact) mass is 421 g/mol. The SMILES string of the molecule is NCC1CCC(C(=O)N[C@@H](Cc2ccccc2)c2nc3ccc(C(N)O)cc3[nH]2)CC1. The molecule has 3 aromatic rings. The fourth-order valence-corrected chi connectivity index (χ4v) is 4.41. The van der Waals surface area contributed by atoms with Crippen LogP contribution < -0.4 is 16.8 Å². The Balaban J connectivity index is 1.57. The van der Waals surface area contributed by atoms with E-state index in [1.807, 2.05) is 24.3 Å². The summed E-state index contributed by atoms with van der Waals surface area (Å²) in [5.41, 5.74) is 14.7. The van der Waals surface area contributed by atoms with Crippen molar-refractivity contribution < 1.29 is 9.90 Å². The molecule has 7 heteroatoms. The van der Waals surface area contributed by atoms with E-state index in [0.717, 1.165) is 42.3 Å². The van der Waals surface area contributed by atoms with Gasteiger partial charge in [-0.1, -0.05) is 36.4 Å². The summed E-state index contributed by atoms with van der Waals surface area (Å²) in [7, 11) is 0. The van der Waals surface area contributed by atoms with Crippen molar-refractivity contribution in [1.82, 2.24) is 15.3 Å². The van der Waals surface area contributed by atoms with E-state index in [2.05, 4.69) is 22.4 Å². The number of H-pyrrole nitrogens is 1. The molecular formula is C24H31N5O2. The highest BCUT2D eigenvalue weighted by Gasteiger charge is 2.28. The number of nitrogens with one attached hydrogen (secondary N) is 2. The minimum absolute atomic E-state index is 0.0180. The van der Waals surface area contributed by atoms with E-state index in [0.29, 0.717) is 30.3 Å². The second-order valence-electron chi connectivity index (χ2n) is 8.55. The van der Waals surface area contributed by atoms with E-state index in [-0.39, 0.29) is 17.9 Å². The molecule has 1 aliphatic rings. The molecule has 1 amide bonds. The number of benzene rings is 2. The Kier molecular flexibility index (Phi) is 6.65. The van der Waals surface area contributed by atoms with Gasteiger partial charge in [0.15, 0.2) is 0 Å². The van der Waals surface area contributed by atoms with E-state index in [9.17, 15) is 9.90 Å². The number of aliphatic hydroxyl groups excluding tert-OH is 1. The lowest BCUT2D eigenvalue weighted by atomic mass is 9.81. The van der Waals surface area contributed by atoms with Crippen LogP contribution in [0.3, 0.4) is 0 Å². The molecule has 2 atom stereocenters. The molecule has 1 fully saturated rings. The highest BCUT2D eigenvalue weighted by molar-refractivity contribution is 5.80. The molecule has 0 saturated heterocycles. The Bertz CT molecular complexity index is 1010. The lowest BCUT2D eigenvalue weighted by Gasteiger charge is -2.28. The Hall–Kier alpha value is -2.74. The first-order valence-corrected chi connectivity index (χ1v) is 11.0. The summed E-state index contributed by atoms with van der Waals surface area (Å²) in [5.74, 6) is 1.33.